The van der Waals surface area contributed by atoms with Crippen molar-refractivity contribution in [1.29, 1.82) is 0 Å². The Kier molecular flexibility index (Phi) is 5.56. The normalized spacial score (nSPS) is 18.2. The third kappa shape index (κ3) is 4.66. The second kappa shape index (κ2) is 7.20. The van der Waals surface area contributed by atoms with Crippen LogP contribution in [0.5, 0.6) is 0 Å². The molecule has 1 aliphatic rings. The fraction of sp³-hybridized carbons (Fsp3) is 0.600. The maximum Gasteiger partial charge on any atom is 0.270 e. The summed E-state index contributed by atoms with van der Waals surface area (Å²) < 4.78 is 0. The molecule has 0 aromatic heterocycles. The first-order valence-electron chi connectivity index (χ1n) is 7.36. The van der Waals surface area contributed by atoms with Gasteiger partial charge in [0.2, 0.25) is 0 Å². The Morgan fingerprint density at radius 2 is 1.95 bits per heavy atom. The first-order chi connectivity index (χ1) is 10.0. The van der Waals surface area contributed by atoms with Crippen molar-refractivity contribution in [1.82, 2.24) is 5.32 Å². The highest BCUT2D eigenvalue weighted by atomic mass is 35.5. The summed E-state index contributed by atoms with van der Waals surface area (Å²) in [7, 11) is 0. The standard InChI is InChI=1S/C15H21ClN2O3/c16-14-9-13(18(20)21)6-5-12(14)10-17-11-15(19)7-3-1-2-4-8-15/h5-6,9,17,19H,1-4,7-8,10-11H2. The molecule has 6 heteroatoms. The monoisotopic (exact) mass is 312 g/mol. The summed E-state index contributed by atoms with van der Waals surface area (Å²) in [6, 6.07) is 4.47. The maximum absolute atomic E-state index is 10.7. The topological polar surface area (TPSA) is 75.4 Å². The lowest BCUT2D eigenvalue weighted by Crippen LogP contribution is -2.39. The van der Waals surface area contributed by atoms with Crippen LogP contribution < -0.4 is 5.32 Å². The second-order valence-electron chi connectivity index (χ2n) is 5.77. The van der Waals surface area contributed by atoms with Gasteiger partial charge < -0.3 is 10.4 Å². The summed E-state index contributed by atoms with van der Waals surface area (Å²) in [5, 5.41) is 24.8. The Hall–Kier alpha value is -1.17. The molecule has 1 saturated carbocycles. The van der Waals surface area contributed by atoms with Crippen molar-refractivity contribution in [3.05, 3.63) is 38.9 Å². The number of nitrogens with one attached hydrogen (secondary N) is 1. The Labute approximate surface area is 129 Å². The molecule has 0 bridgehead atoms. The van der Waals surface area contributed by atoms with Gasteiger partial charge in [-0.2, -0.15) is 0 Å². The van der Waals surface area contributed by atoms with E-state index in [4.69, 9.17) is 11.6 Å². The zero-order chi connectivity index (χ0) is 15.3. The average molecular weight is 313 g/mol. The second-order valence-corrected chi connectivity index (χ2v) is 6.18. The van der Waals surface area contributed by atoms with Crippen LogP contribution in [0.1, 0.15) is 44.1 Å². The van der Waals surface area contributed by atoms with Crippen LogP contribution >= 0.6 is 11.6 Å². The maximum atomic E-state index is 10.7. The number of benzene rings is 1. The molecule has 5 nitrogen and oxygen atoms in total. The van der Waals surface area contributed by atoms with Crippen molar-refractivity contribution < 1.29 is 10.0 Å². The minimum atomic E-state index is -0.635. The number of halogens is 1. The van der Waals surface area contributed by atoms with Gasteiger partial charge in [-0.25, -0.2) is 0 Å². The SMILES string of the molecule is O=[N+]([O-])c1ccc(CNCC2(O)CCCCCC2)c(Cl)c1. The van der Waals surface area contributed by atoms with Gasteiger partial charge in [0.05, 0.1) is 15.5 Å². The Morgan fingerprint density at radius 3 is 2.52 bits per heavy atom. The zero-order valence-corrected chi connectivity index (χ0v) is 12.7. The van der Waals surface area contributed by atoms with E-state index in [1.807, 2.05) is 0 Å². The molecule has 0 atom stereocenters. The first kappa shape index (κ1) is 16.2. The first-order valence-corrected chi connectivity index (χ1v) is 7.74. The van der Waals surface area contributed by atoms with Crippen molar-refractivity contribution in [2.24, 2.45) is 0 Å². The molecule has 0 radical (unpaired) electrons. The van der Waals surface area contributed by atoms with Crippen molar-refractivity contribution in [2.75, 3.05) is 6.54 Å². The lowest BCUT2D eigenvalue weighted by atomic mass is 9.94. The van der Waals surface area contributed by atoms with Gasteiger partial charge >= 0.3 is 0 Å². The summed E-state index contributed by atoms with van der Waals surface area (Å²) in [6.07, 6.45) is 6.17. The molecule has 21 heavy (non-hydrogen) atoms. The highest BCUT2D eigenvalue weighted by Crippen LogP contribution is 2.27. The highest BCUT2D eigenvalue weighted by Gasteiger charge is 2.27. The number of nitrogens with zero attached hydrogens (tertiary/aromatic N) is 1. The van der Waals surface area contributed by atoms with Crippen molar-refractivity contribution >= 4 is 17.3 Å². The lowest BCUT2D eigenvalue weighted by molar-refractivity contribution is -0.384. The molecule has 0 aliphatic heterocycles. The lowest BCUT2D eigenvalue weighted by Gasteiger charge is -2.27. The van der Waals surface area contributed by atoms with E-state index in [0.717, 1.165) is 31.2 Å². The van der Waals surface area contributed by atoms with Gasteiger partial charge in [0.15, 0.2) is 0 Å². The van der Waals surface area contributed by atoms with Crippen LogP contribution in [-0.4, -0.2) is 22.2 Å². The van der Waals surface area contributed by atoms with E-state index in [9.17, 15) is 15.2 Å². The van der Waals surface area contributed by atoms with Crippen LogP contribution in [0.4, 0.5) is 5.69 Å². The largest absolute Gasteiger partial charge is 0.389 e. The minimum Gasteiger partial charge on any atom is -0.389 e. The Balaban J connectivity index is 1.89. The molecule has 0 saturated heterocycles. The Morgan fingerprint density at radius 1 is 1.29 bits per heavy atom. The van der Waals surface area contributed by atoms with E-state index in [0.29, 0.717) is 18.1 Å². The number of hydrogen-bond acceptors (Lipinski definition) is 4. The van der Waals surface area contributed by atoms with Gasteiger partial charge in [0, 0.05) is 25.2 Å². The van der Waals surface area contributed by atoms with E-state index in [1.165, 1.54) is 25.0 Å². The van der Waals surface area contributed by atoms with Gasteiger partial charge in [0.25, 0.3) is 5.69 Å². The van der Waals surface area contributed by atoms with Gasteiger partial charge in [-0.3, -0.25) is 10.1 Å². The predicted molar refractivity (Wildman–Crippen MR) is 82.5 cm³/mol. The van der Waals surface area contributed by atoms with Gasteiger partial charge in [-0.05, 0) is 24.5 Å². The third-order valence-electron chi connectivity index (χ3n) is 4.05. The summed E-state index contributed by atoms with van der Waals surface area (Å²) in [6.45, 7) is 1.03. The number of hydrogen-bond donors (Lipinski definition) is 2. The molecule has 0 spiro atoms. The number of nitro groups is 1. The molecular weight excluding hydrogens is 292 g/mol. The summed E-state index contributed by atoms with van der Waals surface area (Å²) in [4.78, 5) is 10.2. The van der Waals surface area contributed by atoms with E-state index in [-0.39, 0.29) is 5.69 Å². The zero-order valence-electron chi connectivity index (χ0n) is 12.0. The van der Waals surface area contributed by atoms with Gasteiger partial charge in [0.1, 0.15) is 0 Å². The summed E-state index contributed by atoms with van der Waals surface area (Å²) in [5.74, 6) is 0. The van der Waals surface area contributed by atoms with Crippen molar-refractivity contribution in [2.45, 2.75) is 50.7 Å². The molecule has 2 N–H and O–H groups in total. The number of aliphatic hydroxyl groups is 1. The molecule has 1 fully saturated rings. The van der Waals surface area contributed by atoms with E-state index in [2.05, 4.69) is 5.32 Å². The molecule has 1 aromatic carbocycles. The Bertz CT molecular complexity index is 500. The van der Waals surface area contributed by atoms with Crippen LogP contribution in [0.15, 0.2) is 18.2 Å². The van der Waals surface area contributed by atoms with Gasteiger partial charge in [-0.1, -0.05) is 37.3 Å². The third-order valence-corrected chi connectivity index (χ3v) is 4.40. The molecule has 0 heterocycles. The average Bonchev–Trinajstić information content (AvgIpc) is 2.65. The minimum absolute atomic E-state index is 0.00820. The fourth-order valence-corrected chi connectivity index (χ4v) is 3.03. The van der Waals surface area contributed by atoms with Crippen LogP contribution in [0, 0.1) is 10.1 Å². The van der Waals surface area contributed by atoms with Crippen LogP contribution in [0.25, 0.3) is 0 Å². The molecule has 1 aromatic rings. The number of nitro benzene ring substituents is 1. The van der Waals surface area contributed by atoms with E-state index in [1.54, 1.807) is 6.07 Å². The fourth-order valence-electron chi connectivity index (χ4n) is 2.79. The smallest absolute Gasteiger partial charge is 0.270 e. The molecule has 1 aliphatic carbocycles. The summed E-state index contributed by atoms with van der Waals surface area (Å²) in [5.41, 5.74) is 0.162. The van der Waals surface area contributed by atoms with Crippen LogP contribution in [0.3, 0.4) is 0 Å². The summed E-state index contributed by atoms with van der Waals surface area (Å²) >= 11 is 6.05. The predicted octanol–water partition coefficient (Wildman–Crippen LogP) is 3.42. The molecule has 116 valence electrons. The molecule has 2 rings (SSSR count). The molecular formula is C15H21ClN2O3. The highest BCUT2D eigenvalue weighted by molar-refractivity contribution is 6.31. The molecule has 0 amide bonds. The van der Waals surface area contributed by atoms with Crippen LogP contribution in [0.2, 0.25) is 5.02 Å². The number of non-ortho nitro benzene ring substituents is 1. The quantitative estimate of drug-likeness (QED) is 0.496. The van der Waals surface area contributed by atoms with E-state index >= 15 is 0 Å². The number of rotatable bonds is 5. The van der Waals surface area contributed by atoms with Gasteiger partial charge in [-0.15, -0.1) is 0 Å². The van der Waals surface area contributed by atoms with E-state index < -0.39 is 10.5 Å². The molecule has 0 unspecified atom stereocenters. The van der Waals surface area contributed by atoms with Crippen molar-refractivity contribution in [3.8, 4) is 0 Å². The van der Waals surface area contributed by atoms with Crippen molar-refractivity contribution in [3.63, 3.8) is 0 Å². The van der Waals surface area contributed by atoms with Crippen LogP contribution in [-0.2, 0) is 6.54 Å².